The highest BCUT2D eigenvalue weighted by atomic mass is 16.6. The van der Waals surface area contributed by atoms with Gasteiger partial charge in [-0.3, -0.25) is 9.59 Å². The molecule has 220 valence electrons. The first kappa shape index (κ1) is 32.7. The van der Waals surface area contributed by atoms with Gasteiger partial charge in [-0.2, -0.15) is 0 Å². The summed E-state index contributed by atoms with van der Waals surface area (Å²) in [5.41, 5.74) is 0.612. The molecule has 0 aromatic heterocycles. The molecule has 2 rings (SSSR count). The summed E-state index contributed by atoms with van der Waals surface area (Å²) in [6.07, 6.45) is 4.32. The summed E-state index contributed by atoms with van der Waals surface area (Å²) in [5.74, 6) is -0.737. The molecule has 0 saturated heterocycles. The summed E-state index contributed by atoms with van der Waals surface area (Å²) in [7, 11) is 0. The highest BCUT2D eigenvalue weighted by Crippen LogP contribution is 2.27. The highest BCUT2D eigenvalue weighted by molar-refractivity contribution is 5.92. The summed E-state index contributed by atoms with van der Waals surface area (Å²) in [6.45, 7) is 11.5. The van der Waals surface area contributed by atoms with Crippen LogP contribution in [0.15, 0.2) is 54.6 Å². The van der Waals surface area contributed by atoms with Crippen molar-refractivity contribution in [2.75, 3.05) is 6.54 Å². The molecule has 2 unspecified atom stereocenters. The Labute approximate surface area is 239 Å². The number of ether oxygens (including phenoxy) is 1. The number of unbranched alkanes of at least 4 members (excludes halogenated alkanes) is 4. The minimum absolute atomic E-state index is 0.00269. The van der Waals surface area contributed by atoms with Crippen LogP contribution in [0, 0.1) is 0 Å². The second-order valence-corrected chi connectivity index (χ2v) is 11.5. The lowest BCUT2D eigenvalue weighted by atomic mass is 9.99. The van der Waals surface area contributed by atoms with E-state index in [1.165, 1.54) is 12.1 Å². The molecule has 2 aromatic rings. The molecule has 0 fully saturated rings. The van der Waals surface area contributed by atoms with Gasteiger partial charge in [0.15, 0.2) is 0 Å². The van der Waals surface area contributed by atoms with Crippen molar-refractivity contribution in [3.63, 3.8) is 0 Å². The van der Waals surface area contributed by atoms with Gasteiger partial charge < -0.3 is 25.4 Å². The van der Waals surface area contributed by atoms with Crippen LogP contribution in [0.2, 0.25) is 0 Å². The van der Waals surface area contributed by atoms with Crippen LogP contribution in [0.3, 0.4) is 0 Å². The van der Waals surface area contributed by atoms with Gasteiger partial charge in [0.2, 0.25) is 11.8 Å². The van der Waals surface area contributed by atoms with Crippen molar-refractivity contribution in [1.82, 2.24) is 15.5 Å². The van der Waals surface area contributed by atoms with Gasteiger partial charge in [0.25, 0.3) is 0 Å². The lowest BCUT2D eigenvalue weighted by Crippen LogP contribution is -2.54. The standard InChI is InChI=1S/C32H47N3O5/c1-7-8-9-10-14-20-35(28(29(37)33-23(2)3)25-18-15-19-26(36)22-25)30(38)27(21-24-16-12-11-13-17-24)34-31(39)40-32(4,5)6/h11-13,15-19,22-23,27-28,36H,7-10,14,20-21H2,1-6H3,(H,33,37)(H,34,39). The Morgan fingerprint density at radius 1 is 0.925 bits per heavy atom. The third kappa shape index (κ3) is 11.3. The van der Waals surface area contributed by atoms with E-state index in [2.05, 4.69) is 17.6 Å². The van der Waals surface area contributed by atoms with Gasteiger partial charge in [0, 0.05) is 19.0 Å². The zero-order chi connectivity index (χ0) is 29.7. The third-order valence-corrected chi connectivity index (χ3v) is 6.23. The molecule has 0 aliphatic carbocycles. The molecule has 40 heavy (non-hydrogen) atoms. The number of phenols is 1. The maximum Gasteiger partial charge on any atom is 0.408 e. The number of alkyl carbamates (subject to hydrolysis) is 1. The number of nitrogens with one attached hydrogen (secondary N) is 2. The van der Waals surface area contributed by atoms with Crippen LogP contribution in [0.25, 0.3) is 0 Å². The second-order valence-electron chi connectivity index (χ2n) is 11.5. The molecule has 0 bridgehead atoms. The SMILES string of the molecule is CCCCCCCN(C(=O)C(Cc1ccccc1)NC(=O)OC(C)(C)C)C(C(=O)NC(C)C)c1cccc(O)c1. The van der Waals surface area contributed by atoms with Crippen LogP contribution < -0.4 is 10.6 Å². The summed E-state index contributed by atoms with van der Waals surface area (Å²) >= 11 is 0. The van der Waals surface area contributed by atoms with Gasteiger partial charge >= 0.3 is 6.09 Å². The topological polar surface area (TPSA) is 108 Å². The van der Waals surface area contributed by atoms with E-state index in [1.54, 1.807) is 37.8 Å². The second kappa shape index (κ2) is 15.9. The molecule has 8 nitrogen and oxygen atoms in total. The van der Waals surface area contributed by atoms with Gasteiger partial charge in [-0.1, -0.05) is 75.1 Å². The Balaban J connectivity index is 2.52. The van der Waals surface area contributed by atoms with Crippen molar-refractivity contribution >= 4 is 17.9 Å². The van der Waals surface area contributed by atoms with Gasteiger partial charge in [0.05, 0.1) is 0 Å². The number of aromatic hydroxyl groups is 1. The molecule has 0 aliphatic rings. The Morgan fingerprint density at radius 3 is 2.20 bits per heavy atom. The average Bonchev–Trinajstić information content (AvgIpc) is 2.86. The molecule has 0 aliphatic heterocycles. The Bertz CT molecular complexity index is 1080. The zero-order valence-corrected chi connectivity index (χ0v) is 24.9. The van der Waals surface area contributed by atoms with Gasteiger partial charge in [-0.05, 0) is 64.3 Å². The van der Waals surface area contributed by atoms with Gasteiger partial charge in [0.1, 0.15) is 23.4 Å². The lowest BCUT2D eigenvalue weighted by molar-refractivity contribution is -0.142. The zero-order valence-electron chi connectivity index (χ0n) is 24.9. The van der Waals surface area contributed by atoms with E-state index in [0.717, 1.165) is 31.2 Å². The van der Waals surface area contributed by atoms with E-state index in [4.69, 9.17) is 4.74 Å². The first-order valence-electron chi connectivity index (χ1n) is 14.3. The number of hydrogen-bond donors (Lipinski definition) is 3. The predicted octanol–water partition coefficient (Wildman–Crippen LogP) is 5.89. The summed E-state index contributed by atoms with van der Waals surface area (Å²) in [4.78, 5) is 42.4. The first-order chi connectivity index (χ1) is 18.9. The number of amides is 3. The van der Waals surface area contributed by atoms with Crippen molar-refractivity contribution in [3.8, 4) is 5.75 Å². The van der Waals surface area contributed by atoms with E-state index in [-0.39, 0.29) is 24.1 Å². The van der Waals surface area contributed by atoms with Gasteiger partial charge in [-0.15, -0.1) is 0 Å². The summed E-state index contributed by atoms with van der Waals surface area (Å²) in [6, 6.07) is 13.7. The van der Waals surface area contributed by atoms with Crippen LogP contribution in [0.5, 0.6) is 5.75 Å². The maximum atomic E-state index is 14.4. The number of rotatable bonds is 14. The quantitative estimate of drug-likeness (QED) is 0.253. The summed E-state index contributed by atoms with van der Waals surface area (Å²) < 4.78 is 5.49. The Morgan fingerprint density at radius 2 is 1.60 bits per heavy atom. The minimum atomic E-state index is -0.994. The fourth-order valence-corrected chi connectivity index (χ4v) is 4.48. The number of hydrogen-bond acceptors (Lipinski definition) is 5. The third-order valence-electron chi connectivity index (χ3n) is 6.23. The maximum absolute atomic E-state index is 14.4. The fraction of sp³-hybridized carbons (Fsp3) is 0.531. The molecule has 8 heteroatoms. The average molecular weight is 554 g/mol. The molecule has 3 amide bonds. The van der Waals surface area contributed by atoms with Crippen molar-refractivity contribution < 1.29 is 24.2 Å². The van der Waals surface area contributed by atoms with Crippen molar-refractivity contribution in [1.29, 1.82) is 0 Å². The predicted molar refractivity (Wildman–Crippen MR) is 158 cm³/mol. The molecule has 2 atom stereocenters. The van der Waals surface area contributed by atoms with Crippen molar-refractivity contribution in [2.45, 2.75) is 104 Å². The van der Waals surface area contributed by atoms with E-state index in [9.17, 15) is 19.5 Å². The number of nitrogens with zero attached hydrogens (tertiary/aromatic N) is 1. The summed E-state index contributed by atoms with van der Waals surface area (Å²) in [5, 5.41) is 16.0. The van der Waals surface area contributed by atoms with Crippen LogP contribution in [0.4, 0.5) is 4.79 Å². The van der Waals surface area contributed by atoms with E-state index < -0.39 is 29.7 Å². The molecular weight excluding hydrogens is 506 g/mol. The molecule has 0 radical (unpaired) electrons. The molecule has 2 aromatic carbocycles. The van der Waals surface area contributed by atoms with Crippen molar-refractivity contribution in [3.05, 3.63) is 65.7 Å². The van der Waals surface area contributed by atoms with Crippen LogP contribution in [-0.4, -0.2) is 52.1 Å². The Hall–Kier alpha value is -3.55. The highest BCUT2D eigenvalue weighted by Gasteiger charge is 2.36. The van der Waals surface area contributed by atoms with Crippen LogP contribution in [-0.2, 0) is 20.7 Å². The van der Waals surface area contributed by atoms with Crippen LogP contribution in [0.1, 0.15) is 90.8 Å². The van der Waals surface area contributed by atoms with Gasteiger partial charge in [-0.25, -0.2) is 4.79 Å². The monoisotopic (exact) mass is 553 g/mol. The first-order valence-corrected chi connectivity index (χ1v) is 14.3. The Kier molecular flexibility index (Phi) is 13.0. The van der Waals surface area contributed by atoms with E-state index in [0.29, 0.717) is 18.5 Å². The number of benzene rings is 2. The minimum Gasteiger partial charge on any atom is -0.508 e. The van der Waals surface area contributed by atoms with E-state index in [1.807, 2.05) is 44.2 Å². The molecule has 0 spiro atoms. The molecular formula is C32H47N3O5. The van der Waals surface area contributed by atoms with E-state index >= 15 is 0 Å². The number of phenolic OH excluding ortho intramolecular Hbond substituents is 1. The molecule has 0 saturated carbocycles. The van der Waals surface area contributed by atoms with Crippen LogP contribution >= 0.6 is 0 Å². The lowest BCUT2D eigenvalue weighted by Gasteiger charge is -2.35. The smallest absolute Gasteiger partial charge is 0.408 e. The fourth-order valence-electron chi connectivity index (χ4n) is 4.48. The molecule has 0 heterocycles. The largest absolute Gasteiger partial charge is 0.508 e. The van der Waals surface area contributed by atoms with Crippen molar-refractivity contribution in [2.24, 2.45) is 0 Å². The number of carbonyl (C=O) groups excluding carboxylic acids is 3. The normalized spacial score (nSPS) is 12.9. The molecule has 3 N–H and O–H groups in total. The number of carbonyl (C=O) groups is 3.